The third-order valence-electron chi connectivity index (χ3n) is 4.10. The molecule has 2 aliphatic carbocycles. The largest absolute Gasteiger partial charge is 0.384 e. The summed E-state index contributed by atoms with van der Waals surface area (Å²) >= 11 is 0. The Morgan fingerprint density at radius 2 is 2.06 bits per heavy atom. The topological polar surface area (TPSA) is 47.6 Å². The van der Waals surface area contributed by atoms with Gasteiger partial charge in [-0.15, -0.1) is 0 Å². The lowest BCUT2D eigenvalue weighted by Crippen LogP contribution is -2.47. The van der Waals surface area contributed by atoms with Crippen molar-refractivity contribution >= 4 is 5.91 Å². The van der Waals surface area contributed by atoms with Crippen molar-refractivity contribution in [1.29, 1.82) is 0 Å². The van der Waals surface area contributed by atoms with E-state index in [0.29, 0.717) is 30.4 Å². The minimum Gasteiger partial charge on any atom is -0.384 e. The zero-order chi connectivity index (χ0) is 12.3. The molecule has 2 unspecified atom stereocenters. The van der Waals surface area contributed by atoms with Gasteiger partial charge in [0.25, 0.3) is 0 Å². The maximum atomic E-state index is 11.8. The van der Waals surface area contributed by atoms with E-state index in [1.54, 1.807) is 14.2 Å². The number of rotatable bonds is 6. The van der Waals surface area contributed by atoms with E-state index in [1.807, 2.05) is 0 Å². The first-order chi connectivity index (χ1) is 8.22. The third kappa shape index (κ3) is 3.19. The third-order valence-corrected chi connectivity index (χ3v) is 4.10. The van der Waals surface area contributed by atoms with E-state index in [-0.39, 0.29) is 5.91 Å². The van der Waals surface area contributed by atoms with Gasteiger partial charge in [0.2, 0.25) is 5.91 Å². The second-order valence-electron chi connectivity index (χ2n) is 5.37. The van der Waals surface area contributed by atoms with E-state index < -0.39 is 0 Å². The molecule has 98 valence electrons. The highest BCUT2D eigenvalue weighted by Crippen LogP contribution is 2.33. The van der Waals surface area contributed by atoms with Crippen LogP contribution in [0.4, 0.5) is 0 Å². The lowest BCUT2D eigenvalue weighted by atomic mass is 9.78. The van der Waals surface area contributed by atoms with E-state index >= 15 is 0 Å². The fraction of sp³-hybridized carbons (Fsp3) is 0.923. The predicted molar refractivity (Wildman–Crippen MR) is 64.7 cm³/mol. The van der Waals surface area contributed by atoms with Crippen LogP contribution in [0.5, 0.6) is 0 Å². The van der Waals surface area contributed by atoms with Gasteiger partial charge >= 0.3 is 0 Å². The molecule has 2 rings (SSSR count). The SMILES string of the molecule is COCC1CC(NC(=O)CC2CCC2OC)C1. The Hall–Kier alpha value is -0.610. The second kappa shape index (κ2) is 5.83. The maximum Gasteiger partial charge on any atom is 0.220 e. The average molecular weight is 241 g/mol. The zero-order valence-electron chi connectivity index (χ0n) is 10.8. The minimum atomic E-state index is 0.192. The van der Waals surface area contributed by atoms with Crippen LogP contribution in [-0.2, 0) is 14.3 Å². The van der Waals surface area contributed by atoms with Crippen LogP contribution in [-0.4, -0.2) is 38.9 Å². The molecule has 1 N–H and O–H groups in total. The fourth-order valence-corrected chi connectivity index (χ4v) is 2.83. The van der Waals surface area contributed by atoms with Crippen molar-refractivity contribution in [1.82, 2.24) is 5.32 Å². The molecule has 2 fully saturated rings. The summed E-state index contributed by atoms with van der Waals surface area (Å²) in [6, 6.07) is 0.378. The molecule has 4 nitrogen and oxygen atoms in total. The van der Waals surface area contributed by atoms with Gasteiger partial charge < -0.3 is 14.8 Å². The summed E-state index contributed by atoms with van der Waals surface area (Å²) in [6.45, 7) is 0.820. The Morgan fingerprint density at radius 1 is 1.29 bits per heavy atom. The van der Waals surface area contributed by atoms with Crippen LogP contribution in [0.15, 0.2) is 0 Å². The number of hydrogen-bond donors (Lipinski definition) is 1. The van der Waals surface area contributed by atoms with Gasteiger partial charge in [0.15, 0.2) is 0 Å². The first-order valence-corrected chi connectivity index (χ1v) is 6.54. The van der Waals surface area contributed by atoms with Crippen molar-refractivity contribution in [3.05, 3.63) is 0 Å². The molecule has 0 spiro atoms. The van der Waals surface area contributed by atoms with E-state index in [1.165, 1.54) is 0 Å². The van der Waals surface area contributed by atoms with Gasteiger partial charge in [-0.25, -0.2) is 0 Å². The summed E-state index contributed by atoms with van der Waals surface area (Å²) in [7, 11) is 3.46. The molecule has 0 aromatic heterocycles. The number of hydrogen-bond acceptors (Lipinski definition) is 3. The predicted octanol–water partition coefficient (Wildman–Crippen LogP) is 1.34. The Balaban J connectivity index is 1.59. The van der Waals surface area contributed by atoms with Gasteiger partial charge in [0.05, 0.1) is 6.10 Å². The van der Waals surface area contributed by atoms with Crippen LogP contribution < -0.4 is 5.32 Å². The monoisotopic (exact) mass is 241 g/mol. The molecule has 0 saturated heterocycles. The Labute approximate surface area is 103 Å². The fourth-order valence-electron chi connectivity index (χ4n) is 2.83. The molecule has 0 aliphatic heterocycles. The Morgan fingerprint density at radius 3 is 2.59 bits per heavy atom. The van der Waals surface area contributed by atoms with Crippen LogP contribution in [0.1, 0.15) is 32.1 Å². The number of carbonyl (C=O) groups is 1. The first-order valence-electron chi connectivity index (χ1n) is 6.54. The molecule has 2 saturated carbocycles. The molecule has 0 heterocycles. The summed E-state index contributed by atoms with van der Waals surface area (Å²) in [5.41, 5.74) is 0. The van der Waals surface area contributed by atoms with Crippen molar-refractivity contribution in [2.45, 2.75) is 44.2 Å². The van der Waals surface area contributed by atoms with E-state index in [4.69, 9.17) is 9.47 Å². The van der Waals surface area contributed by atoms with Crippen molar-refractivity contribution in [3.8, 4) is 0 Å². The number of amides is 1. The Bertz CT molecular complexity index is 261. The van der Waals surface area contributed by atoms with E-state index in [2.05, 4.69) is 5.32 Å². The molecule has 0 aromatic rings. The normalized spacial score (nSPS) is 35.9. The molecule has 17 heavy (non-hydrogen) atoms. The second-order valence-corrected chi connectivity index (χ2v) is 5.37. The number of methoxy groups -OCH3 is 2. The minimum absolute atomic E-state index is 0.192. The number of carbonyl (C=O) groups excluding carboxylic acids is 1. The summed E-state index contributed by atoms with van der Waals surface area (Å²) in [4.78, 5) is 11.8. The van der Waals surface area contributed by atoms with Gasteiger partial charge in [-0.3, -0.25) is 4.79 Å². The molecule has 1 amide bonds. The molecule has 0 radical (unpaired) electrons. The van der Waals surface area contributed by atoms with Crippen molar-refractivity contribution in [2.75, 3.05) is 20.8 Å². The lowest BCUT2D eigenvalue weighted by molar-refractivity contribution is -0.127. The molecular weight excluding hydrogens is 218 g/mol. The highest BCUT2D eigenvalue weighted by atomic mass is 16.5. The van der Waals surface area contributed by atoms with Crippen LogP contribution in [0.3, 0.4) is 0 Å². The molecule has 0 bridgehead atoms. The number of ether oxygens (including phenoxy) is 2. The molecule has 2 aliphatic rings. The maximum absolute atomic E-state index is 11.8. The van der Waals surface area contributed by atoms with Crippen LogP contribution >= 0.6 is 0 Å². The highest BCUT2D eigenvalue weighted by molar-refractivity contribution is 5.76. The van der Waals surface area contributed by atoms with Gasteiger partial charge in [-0.2, -0.15) is 0 Å². The van der Waals surface area contributed by atoms with Crippen molar-refractivity contribution in [3.63, 3.8) is 0 Å². The molecular formula is C13H23NO3. The summed E-state index contributed by atoms with van der Waals surface area (Å²) < 4.78 is 10.4. The average Bonchev–Trinajstić information content (AvgIpc) is 2.22. The van der Waals surface area contributed by atoms with Crippen LogP contribution in [0.2, 0.25) is 0 Å². The van der Waals surface area contributed by atoms with Crippen LogP contribution in [0, 0.1) is 11.8 Å². The molecule has 0 aromatic carbocycles. The van der Waals surface area contributed by atoms with Gasteiger partial charge in [0, 0.05) is 33.3 Å². The zero-order valence-corrected chi connectivity index (χ0v) is 10.8. The van der Waals surface area contributed by atoms with Crippen molar-refractivity contribution < 1.29 is 14.3 Å². The van der Waals surface area contributed by atoms with E-state index in [0.717, 1.165) is 32.3 Å². The summed E-state index contributed by atoms with van der Waals surface area (Å²) in [6.07, 6.45) is 5.31. The lowest BCUT2D eigenvalue weighted by Gasteiger charge is -2.38. The van der Waals surface area contributed by atoms with Gasteiger partial charge in [-0.05, 0) is 37.5 Å². The van der Waals surface area contributed by atoms with Crippen molar-refractivity contribution in [2.24, 2.45) is 11.8 Å². The van der Waals surface area contributed by atoms with Gasteiger partial charge in [-0.1, -0.05) is 0 Å². The summed E-state index contributed by atoms with van der Waals surface area (Å²) in [5, 5.41) is 3.10. The smallest absolute Gasteiger partial charge is 0.220 e. The highest BCUT2D eigenvalue weighted by Gasteiger charge is 2.34. The first kappa shape index (κ1) is 12.8. The van der Waals surface area contributed by atoms with Gasteiger partial charge in [0.1, 0.15) is 0 Å². The van der Waals surface area contributed by atoms with Crippen LogP contribution in [0.25, 0.3) is 0 Å². The quantitative estimate of drug-likeness (QED) is 0.763. The van der Waals surface area contributed by atoms with E-state index in [9.17, 15) is 4.79 Å². The molecule has 4 heteroatoms. The standard InChI is InChI=1S/C13H23NO3/c1-16-8-9-5-11(6-9)14-13(15)7-10-3-4-12(10)17-2/h9-12H,3-8H2,1-2H3,(H,14,15). The Kier molecular flexibility index (Phi) is 4.40. The number of nitrogens with one attached hydrogen (secondary N) is 1. The molecule has 2 atom stereocenters. The summed E-state index contributed by atoms with van der Waals surface area (Å²) in [5.74, 6) is 1.27.